The molecule has 240 valence electrons. The Bertz CT molecular complexity index is 1370. The molecular weight excluding hydrogens is 554 g/mol. The highest BCUT2D eigenvalue weighted by atomic mass is 16.6. The van der Waals surface area contributed by atoms with Crippen molar-refractivity contribution in [1.82, 2.24) is 19.4 Å². The minimum atomic E-state index is -0.937. The molecule has 4 bridgehead atoms. The van der Waals surface area contributed by atoms with Gasteiger partial charge in [-0.05, 0) is 108 Å². The molecule has 2 aromatic rings. The number of para-hydroxylation sites is 2. The lowest BCUT2D eigenvalue weighted by Crippen LogP contribution is -2.59. The first-order valence-corrected chi connectivity index (χ1v) is 17.1. The van der Waals surface area contributed by atoms with Gasteiger partial charge in [0.25, 0.3) is 5.56 Å². The van der Waals surface area contributed by atoms with Gasteiger partial charge in [-0.25, -0.2) is 4.98 Å². The number of hydrogen-bond donors (Lipinski definition) is 1. The predicted octanol–water partition coefficient (Wildman–Crippen LogP) is 5.71. The fourth-order valence-corrected chi connectivity index (χ4v) is 9.29. The Morgan fingerprint density at radius 3 is 2.36 bits per heavy atom. The van der Waals surface area contributed by atoms with E-state index in [0.717, 1.165) is 54.6 Å². The van der Waals surface area contributed by atoms with Crippen molar-refractivity contribution in [3.63, 3.8) is 0 Å². The summed E-state index contributed by atoms with van der Waals surface area (Å²) in [6.07, 6.45) is 13.2. The topological polar surface area (TPSA) is 100 Å². The molecule has 4 fully saturated rings. The molecule has 2 saturated heterocycles. The van der Waals surface area contributed by atoms with Crippen LogP contribution in [-0.2, 0) is 9.63 Å². The van der Waals surface area contributed by atoms with Gasteiger partial charge in [0, 0.05) is 37.1 Å². The number of benzene rings is 1. The molecule has 0 amide bonds. The number of hydrogen-bond acceptors (Lipinski definition) is 7. The van der Waals surface area contributed by atoms with E-state index in [0.29, 0.717) is 30.4 Å². The first kappa shape index (κ1) is 31.2. The number of aliphatic carboxylic acids is 1. The van der Waals surface area contributed by atoms with E-state index in [1.54, 1.807) is 0 Å². The van der Waals surface area contributed by atoms with E-state index in [4.69, 9.17) is 9.82 Å². The summed E-state index contributed by atoms with van der Waals surface area (Å²) in [7, 11) is 4.00. The average Bonchev–Trinajstić information content (AvgIpc) is 2.97. The second kappa shape index (κ2) is 13.7. The molecule has 3 heterocycles. The van der Waals surface area contributed by atoms with Crippen LogP contribution >= 0.6 is 0 Å². The predicted molar refractivity (Wildman–Crippen MR) is 173 cm³/mol. The van der Waals surface area contributed by atoms with E-state index in [2.05, 4.69) is 21.9 Å². The summed E-state index contributed by atoms with van der Waals surface area (Å²) in [5.74, 6) is 1.69. The summed E-state index contributed by atoms with van der Waals surface area (Å²) in [5.41, 5.74) is 1.95. The van der Waals surface area contributed by atoms with Crippen molar-refractivity contribution in [3.05, 3.63) is 40.3 Å². The molecule has 4 unspecified atom stereocenters. The number of carboxylic acids is 1. The van der Waals surface area contributed by atoms with Crippen LogP contribution in [0.5, 0.6) is 0 Å². The van der Waals surface area contributed by atoms with Gasteiger partial charge in [-0.2, -0.15) is 0 Å². The third-order valence-electron chi connectivity index (χ3n) is 10.8. The van der Waals surface area contributed by atoms with Crippen LogP contribution in [0.2, 0.25) is 0 Å². The molecule has 44 heavy (non-hydrogen) atoms. The second-order valence-corrected chi connectivity index (χ2v) is 14.5. The third kappa shape index (κ3) is 6.89. The minimum absolute atomic E-state index is 0.0746. The maximum absolute atomic E-state index is 14.4. The Hall–Kier alpha value is -2.78. The van der Waals surface area contributed by atoms with E-state index < -0.39 is 5.97 Å². The van der Waals surface area contributed by atoms with Gasteiger partial charge in [0.05, 0.1) is 17.5 Å². The molecular formula is C35H51N5O4. The van der Waals surface area contributed by atoms with E-state index >= 15 is 0 Å². The molecule has 0 radical (unpaired) electrons. The van der Waals surface area contributed by atoms with Crippen molar-refractivity contribution < 1.29 is 14.7 Å². The molecule has 1 aromatic heterocycles. The number of fused-ring (bicyclic) bond motifs is 5. The van der Waals surface area contributed by atoms with Crippen molar-refractivity contribution in [2.75, 3.05) is 27.2 Å². The summed E-state index contributed by atoms with van der Waals surface area (Å²) in [5, 5.41) is 13.8. The first-order chi connectivity index (χ1) is 21.3. The molecule has 9 heteroatoms. The van der Waals surface area contributed by atoms with Crippen LogP contribution in [0.1, 0.15) is 102 Å². The Morgan fingerprint density at radius 2 is 1.68 bits per heavy atom. The highest BCUT2D eigenvalue weighted by Crippen LogP contribution is 2.48. The molecule has 0 spiro atoms. The van der Waals surface area contributed by atoms with Crippen molar-refractivity contribution in [3.8, 4) is 0 Å². The van der Waals surface area contributed by atoms with E-state index in [-0.39, 0.29) is 30.1 Å². The minimum Gasteiger partial charge on any atom is -0.481 e. The van der Waals surface area contributed by atoms with Gasteiger partial charge in [-0.1, -0.05) is 30.6 Å². The zero-order valence-corrected chi connectivity index (χ0v) is 26.9. The zero-order chi connectivity index (χ0) is 30.8. The fraction of sp³-hybridized carbons (Fsp3) is 0.714. The SMILES string of the molecule is CC1CC2CC(C1)CC(N1C3CCCC1CC(n1c(=O)c(C(CCC(=O)O)=NOCCCN(C)C)nc4ccccc41)C3)C2. The monoisotopic (exact) mass is 605 g/mol. The van der Waals surface area contributed by atoms with Gasteiger partial charge in [0.15, 0.2) is 5.69 Å². The van der Waals surface area contributed by atoms with Crippen LogP contribution < -0.4 is 5.56 Å². The van der Waals surface area contributed by atoms with Gasteiger partial charge in [0.1, 0.15) is 12.3 Å². The van der Waals surface area contributed by atoms with Crippen LogP contribution in [0.3, 0.4) is 0 Å². The Balaban J connectivity index is 1.30. The van der Waals surface area contributed by atoms with Crippen LogP contribution in [0, 0.1) is 17.8 Å². The maximum atomic E-state index is 14.4. The van der Waals surface area contributed by atoms with Gasteiger partial charge in [-0.3, -0.25) is 14.5 Å². The average molecular weight is 606 g/mol. The fourth-order valence-electron chi connectivity index (χ4n) is 9.29. The van der Waals surface area contributed by atoms with E-state index in [1.165, 1.54) is 51.4 Å². The Labute approximate surface area is 261 Å². The summed E-state index contributed by atoms with van der Waals surface area (Å²) < 4.78 is 1.99. The molecule has 4 aliphatic rings. The van der Waals surface area contributed by atoms with Crippen molar-refractivity contribution >= 4 is 22.7 Å². The first-order valence-electron chi connectivity index (χ1n) is 17.1. The number of nitrogens with zero attached hydrogens (tertiary/aromatic N) is 5. The second-order valence-electron chi connectivity index (χ2n) is 14.5. The quantitative estimate of drug-likeness (QED) is 0.199. The largest absolute Gasteiger partial charge is 0.481 e. The lowest BCUT2D eigenvalue weighted by atomic mass is 9.65. The van der Waals surface area contributed by atoms with Gasteiger partial charge in [0.2, 0.25) is 0 Å². The Morgan fingerprint density at radius 1 is 0.977 bits per heavy atom. The normalized spacial score (nSPS) is 30.9. The van der Waals surface area contributed by atoms with Crippen LogP contribution in [0.4, 0.5) is 0 Å². The summed E-state index contributed by atoms with van der Waals surface area (Å²) in [6.45, 7) is 3.68. The molecule has 2 aliphatic carbocycles. The zero-order valence-electron chi connectivity index (χ0n) is 26.9. The number of carbonyl (C=O) groups is 1. The molecule has 9 nitrogen and oxygen atoms in total. The molecule has 6 rings (SSSR count). The third-order valence-corrected chi connectivity index (χ3v) is 10.8. The number of carboxylic acid groups (broad SMARTS) is 1. The van der Waals surface area contributed by atoms with Gasteiger partial charge < -0.3 is 19.4 Å². The molecule has 1 N–H and O–H groups in total. The summed E-state index contributed by atoms with van der Waals surface area (Å²) in [4.78, 5) is 41.4. The van der Waals surface area contributed by atoms with Gasteiger partial charge >= 0.3 is 5.97 Å². The lowest BCUT2D eigenvalue weighted by Gasteiger charge is -2.55. The van der Waals surface area contributed by atoms with Crippen LogP contribution in [0.15, 0.2) is 34.2 Å². The smallest absolute Gasteiger partial charge is 0.303 e. The molecule has 2 aliphatic heterocycles. The van der Waals surface area contributed by atoms with E-state index in [1.807, 2.05) is 42.9 Å². The molecule has 2 saturated carbocycles. The van der Waals surface area contributed by atoms with Crippen molar-refractivity contribution in [1.29, 1.82) is 0 Å². The molecule has 1 aromatic carbocycles. The Kier molecular flexibility index (Phi) is 9.71. The summed E-state index contributed by atoms with van der Waals surface area (Å²) in [6, 6.07) is 9.62. The number of aromatic nitrogens is 2. The van der Waals surface area contributed by atoms with Crippen molar-refractivity contribution in [2.24, 2.45) is 22.9 Å². The number of rotatable bonds is 11. The standard InChI is InChI=1S/C35H51N5O4/c1-23-16-24-18-25(17-23)20-28(19-24)39-26-8-6-9-27(39)22-29(21-26)40-32-11-5-4-10-30(32)36-34(35(40)43)31(12-13-33(41)42)37-44-15-7-14-38(2)3/h4-5,10-11,23-29H,6-9,12-22H2,1-3H3,(H,41,42). The van der Waals surface area contributed by atoms with Crippen molar-refractivity contribution in [2.45, 2.75) is 115 Å². The van der Waals surface area contributed by atoms with Gasteiger partial charge in [-0.15, -0.1) is 0 Å². The van der Waals surface area contributed by atoms with Crippen LogP contribution in [-0.4, -0.2) is 81.5 Å². The highest BCUT2D eigenvalue weighted by Gasteiger charge is 2.46. The lowest BCUT2D eigenvalue weighted by molar-refractivity contribution is -0.136. The highest BCUT2D eigenvalue weighted by molar-refractivity contribution is 6.00. The van der Waals surface area contributed by atoms with Crippen LogP contribution in [0.25, 0.3) is 11.0 Å². The summed E-state index contributed by atoms with van der Waals surface area (Å²) >= 11 is 0. The maximum Gasteiger partial charge on any atom is 0.303 e. The number of oxime groups is 1. The number of piperidine rings is 2. The van der Waals surface area contributed by atoms with E-state index in [9.17, 15) is 14.7 Å². The molecule has 4 atom stereocenters.